The SMILES string of the molecule is CCCCCCCCP(CCCCCCCC)CCCCCCCC.N=C=O. The van der Waals surface area contributed by atoms with E-state index in [-0.39, 0.29) is 0 Å². The van der Waals surface area contributed by atoms with E-state index in [1.165, 1.54) is 116 Å². The summed E-state index contributed by atoms with van der Waals surface area (Å²) in [6.07, 6.45) is 32.0. The number of nitrogens with one attached hydrogen (secondary N) is 1. The summed E-state index contributed by atoms with van der Waals surface area (Å²) in [5, 5.41) is 5.40. The summed E-state index contributed by atoms with van der Waals surface area (Å²) in [5.74, 6) is 0. The van der Waals surface area contributed by atoms with Crippen LogP contribution in [0.4, 0.5) is 0 Å². The van der Waals surface area contributed by atoms with Gasteiger partial charge in [-0.2, -0.15) is 0 Å². The Morgan fingerprint density at radius 3 is 0.964 bits per heavy atom. The molecule has 0 aromatic heterocycles. The molecule has 0 saturated carbocycles. The zero-order chi connectivity index (χ0) is 21.1. The van der Waals surface area contributed by atoms with E-state index < -0.39 is 0 Å². The van der Waals surface area contributed by atoms with E-state index in [0.717, 1.165) is 6.08 Å². The minimum Gasteiger partial charge on any atom is -0.222 e. The molecule has 0 rings (SSSR count). The van der Waals surface area contributed by atoms with Crippen LogP contribution in [0.2, 0.25) is 0 Å². The Balaban J connectivity index is 0. The van der Waals surface area contributed by atoms with E-state index in [4.69, 9.17) is 10.2 Å². The molecule has 0 saturated heterocycles. The molecule has 0 fully saturated rings. The Morgan fingerprint density at radius 1 is 0.500 bits per heavy atom. The molecule has 168 valence electrons. The zero-order valence-electron chi connectivity index (χ0n) is 19.7. The Morgan fingerprint density at radius 2 is 0.714 bits per heavy atom. The summed E-state index contributed by atoms with van der Waals surface area (Å²) in [6.45, 7) is 6.96. The van der Waals surface area contributed by atoms with Crippen LogP contribution in [-0.2, 0) is 4.79 Å². The molecule has 0 radical (unpaired) electrons. The van der Waals surface area contributed by atoms with Crippen LogP contribution in [-0.4, -0.2) is 24.6 Å². The summed E-state index contributed by atoms with van der Waals surface area (Å²) in [4.78, 5) is 8.35. The third-order valence-corrected chi connectivity index (χ3v) is 8.33. The molecule has 0 heterocycles. The second-order valence-electron chi connectivity index (χ2n) is 8.25. The van der Waals surface area contributed by atoms with Crippen LogP contribution < -0.4 is 0 Å². The monoisotopic (exact) mass is 413 g/mol. The topological polar surface area (TPSA) is 40.9 Å². The van der Waals surface area contributed by atoms with Crippen molar-refractivity contribution < 1.29 is 4.79 Å². The number of hydrogen-bond acceptors (Lipinski definition) is 2. The molecule has 0 atom stereocenters. The van der Waals surface area contributed by atoms with Gasteiger partial charge in [0.15, 0.2) is 0 Å². The highest BCUT2D eigenvalue weighted by Gasteiger charge is 2.07. The van der Waals surface area contributed by atoms with Gasteiger partial charge in [0.2, 0.25) is 6.08 Å². The van der Waals surface area contributed by atoms with Crippen LogP contribution in [0, 0.1) is 5.41 Å². The van der Waals surface area contributed by atoms with Crippen LogP contribution in [0.3, 0.4) is 0 Å². The van der Waals surface area contributed by atoms with Crippen molar-refractivity contribution in [1.29, 1.82) is 5.41 Å². The average Bonchev–Trinajstić information content (AvgIpc) is 2.69. The highest BCUT2D eigenvalue weighted by Crippen LogP contribution is 2.39. The van der Waals surface area contributed by atoms with Crippen molar-refractivity contribution >= 4 is 14.0 Å². The van der Waals surface area contributed by atoms with Crippen molar-refractivity contribution in [2.45, 2.75) is 136 Å². The van der Waals surface area contributed by atoms with Gasteiger partial charge in [0.1, 0.15) is 0 Å². The van der Waals surface area contributed by atoms with E-state index in [9.17, 15) is 0 Å². The summed E-state index contributed by atoms with van der Waals surface area (Å²) in [6, 6.07) is 0. The highest BCUT2D eigenvalue weighted by molar-refractivity contribution is 7.57. The molecular formula is C25H52NOP. The van der Waals surface area contributed by atoms with Gasteiger partial charge in [-0.1, -0.05) is 117 Å². The molecule has 0 aromatic carbocycles. The normalized spacial score (nSPS) is 10.6. The molecule has 0 amide bonds. The van der Waals surface area contributed by atoms with Crippen LogP contribution in [0.25, 0.3) is 0 Å². The Kier molecular flexibility index (Phi) is 31.1. The fourth-order valence-corrected chi connectivity index (χ4v) is 6.37. The molecule has 28 heavy (non-hydrogen) atoms. The molecule has 0 spiro atoms. The lowest BCUT2D eigenvalue weighted by Crippen LogP contribution is -1.97. The fourth-order valence-electron chi connectivity index (χ4n) is 3.68. The standard InChI is InChI=1S/C24H51P.CHNO/c1-4-7-10-13-16-19-22-25(23-20-17-14-11-8-5-2)24-21-18-15-12-9-6-3;2-1-3/h4-24H2,1-3H3;2H. The largest absolute Gasteiger partial charge is 0.231 e. The molecule has 3 heteroatoms. The maximum atomic E-state index is 8.35. The van der Waals surface area contributed by atoms with Crippen molar-refractivity contribution in [2.75, 3.05) is 18.5 Å². The van der Waals surface area contributed by atoms with Crippen LogP contribution in [0.15, 0.2) is 0 Å². The van der Waals surface area contributed by atoms with Gasteiger partial charge >= 0.3 is 0 Å². The van der Waals surface area contributed by atoms with Crippen LogP contribution >= 0.6 is 7.92 Å². The Bertz CT molecular complexity index is 265. The molecule has 0 aliphatic heterocycles. The number of hydrogen-bond donors (Lipinski definition) is 1. The van der Waals surface area contributed by atoms with Gasteiger partial charge in [0, 0.05) is 0 Å². The predicted molar refractivity (Wildman–Crippen MR) is 130 cm³/mol. The molecule has 0 aliphatic carbocycles. The Hall–Kier alpha value is -0.190. The molecule has 0 aliphatic rings. The minimum absolute atomic E-state index is 0.366. The second-order valence-corrected chi connectivity index (χ2v) is 10.9. The van der Waals surface area contributed by atoms with E-state index >= 15 is 0 Å². The van der Waals surface area contributed by atoms with Crippen molar-refractivity contribution in [3.05, 3.63) is 0 Å². The van der Waals surface area contributed by atoms with Gasteiger partial charge in [-0.05, 0) is 37.7 Å². The number of carbonyl (C=O) groups excluding carboxylic acids is 1. The first-order valence-corrected chi connectivity index (χ1v) is 14.4. The van der Waals surface area contributed by atoms with Gasteiger partial charge in [-0.3, -0.25) is 0 Å². The molecule has 0 aromatic rings. The summed E-state index contributed by atoms with van der Waals surface area (Å²) >= 11 is 0. The smallest absolute Gasteiger partial charge is 0.222 e. The number of unbranched alkanes of at least 4 members (excludes halogenated alkanes) is 15. The fraction of sp³-hybridized carbons (Fsp3) is 0.960. The third-order valence-electron chi connectivity index (χ3n) is 5.48. The molecule has 0 unspecified atom stereocenters. The minimum atomic E-state index is 0.366. The van der Waals surface area contributed by atoms with Crippen LogP contribution in [0.1, 0.15) is 136 Å². The molecule has 0 bridgehead atoms. The maximum absolute atomic E-state index is 8.35. The van der Waals surface area contributed by atoms with Crippen LogP contribution in [0.5, 0.6) is 0 Å². The number of rotatable bonds is 21. The van der Waals surface area contributed by atoms with Gasteiger partial charge in [-0.25, -0.2) is 10.2 Å². The van der Waals surface area contributed by atoms with E-state index in [1.54, 1.807) is 18.5 Å². The van der Waals surface area contributed by atoms with Gasteiger partial charge in [0.05, 0.1) is 0 Å². The third kappa shape index (κ3) is 28.0. The quantitative estimate of drug-likeness (QED) is 0.0865. The van der Waals surface area contributed by atoms with Crippen molar-refractivity contribution in [1.82, 2.24) is 0 Å². The zero-order valence-corrected chi connectivity index (χ0v) is 20.6. The van der Waals surface area contributed by atoms with Crippen molar-refractivity contribution in [2.24, 2.45) is 0 Å². The van der Waals surface area contributed by atoms with E-state index in [0.29, 0.717) is 7.92 Å². The summed E-state index contributed by atoms with van der Waals surface area (Å²) < 4.78 is 0. The summed E-state index contributed by atoms with van der Waals surface area (Å²) in [7, 11) is 0.366. The Labute approximate surface area is 179 Å². The number of isocyanates is 1. The van der Waals surface area contributed by atoms with Crippen molar-refractivity contribution in [3.63, 3.8) is 0 Å². The summed E-state index contributed by atoms with van der Waals surface area (Å²) in [5.41, 5.74) is 0. The first-order chi connectivity index (χ1) is 13.8. The predicted octanol–water partition coefficient (Wildman–Crippen LogP) is 9.45. The first-order valence-electron chi connectivity index (χ1n) is 12.5. The first kappa shape index (κ1) is 30.0. The average molecular weight is 414 g/mol. The van der Waals surface area contributed by atoms with Gasteiger partial charge in [0.25, 0.3) is 0 Å². The second kappa shape index (κ2) is 29.0. The highest BCUT2D eigenvalue weighted by atomic mass is 31.1. The van der Waals surface area contributed by atoms with Gasteiger partial charge < -0.3 is 0 Å². The lowest BCUT2D eigenvalue weighted by atomic mass is 10.1. The maximum Gasteiger partial charge on any atom is 0.231 e. The lowest BCUT2D eigenvalue weighted by Gasteiger charge is -2.18. The van der Waals surface area contributed by atoms with E-state index in [2.05, 4.69) is 20.8 Å². The van der Waals surface area contributed by atoms with Gasteiger partial charge in [-0.15, -0.1) is 7.92 Å². The lowest BCUT2D eigenvalue weighted by molar-refractivity contribution is 0.563. The molecule has 2 nitrogen and oxygen atoms in total. The molecule has 1 N–H and O–H groups in total. The van der Waals surface area contributed by atoms with Crippen molar-refractivity contribution in [3.8, 4) is 0 Å². The van der Waals surface area contributed by atoms with E-state index in [1.807, 2.05) is 0 Å². The molecular weight excluding hydrogens is 361 g/mol.